The highest BCUT2D eigenvalue weighted by Crippen LogP contribution is 2.38. The van der Waals surface area contributed by atoms with E-state index < -0.39 is 10.0 Å². The van der Waals surface area contributed by atoms with Gasteiger partial charge in [0.15, 0.2) is 0 Å². The molecule has 0 atom stereocenters. The van der Waals surface area contributed by atoms with Gasteiger partial charge in [-0.25, -0.2) is 8.42 Å². The topological polar surface area (TPSA) is 90.0 Å². The van der Waals surface area contributed by atoms with E-state index in [4.69, 9.17) is 0 Å². The van der Waals surface area contributed by atoms with E-state index >= 15 is 0 Å². The summed E-state index contributed by atoms with van der Waals surface area (Å²) in [6, 6.07) is 5.83. The summed E-state index contributed by atoms with van der Waals surface area (Å²) in [6.07, 6.45) is 4.85. The number of rotatable bonds is 13. The molecule has 2 amide bonds. The van der Waals surface area contributed by atoms with Gasteiger partial charge in [0, 0.05) is 49.7 Å². The number of thiophene rings is 1. The van der Waals surface area contributed by atoms with Crippen molar-refractivity contribution in [1.82, 2.24) is 14.1 Å². The normalized spacial score (nSPS) is 13.7. The van der Waals surface area contributed by atoms with E-state index in [1.54, 1.807) is 4.90 Å². The standard InChI is InChI=1S/C28H38N4O4S2/c1-6-16-30-19-15-23-24(20-30)37-27(25(23)28(34)31(9-4)10-5)29-26(33)21-11-13-22(14-12-21)38(35,36)32(17-7-2)18-8-3/h7-8,11-14H,2-3,6,9-10,15-20H2,1,4-5H3,(H,29,33). The molecule has 0 saturated heterocycles. The molecule has 2 aromatic rings. The number of hydrogen-bond donors (Lipinski definition) is 1. The highest BCUT2D eigenvalue weighted by molar-refractivity contribution is 7.89. The summed E-state index contributed by atoms with van der Waals surface area (Å²) in [6.45, 7) is 17.4. The average molecular weight is 559 g/mol. The summed E-state index contributed by atoms with van der Waals surface area (Å²) in [5.41, 5.74) is 1.92. The van der Waals surface area contributed by atoms with Crippen LogP contribution in [-0.2, 0) is 23.0 Å². The van der Waals surface area contributed by atoms with Crippen LogP contribution in [0.2, 0.25) is 0 Å². The number of nitrogens with zero attached hydrogens (tertiary/aromatic N) is 3. The first-order valence-corrected chi connectivity index (χ1v) is 15.3. The molecule has 1 aliphatic heterocycles. The monoisotopic (exact) mass is 558 g/mol. The fourth-order valence-electron chi connectivity index (χ4n) is 4.61. The lowest BCUT2D eigenvalue weighted by atomic mass is 10.0. The molecule has 1 aliphatic rings. The van der Waals surface area contributed by atoms with E-state index in [9.17, 15) is 18.0 Å². The molecule has 206 valence electrons. The van der Waals surface area contributed by atoms with Crippen LogP contribution >= 0.6 is 11.3 Å². The van der Waals surface area contributed by atoms with Crippen molar-refractivity contribution in [1.29, 1.82) is 0 Å². The van der Waals surface area contributed by atoms with Crippen LogP contribution in [0.5, 0.6) is 0 Å². The van der Waals surface area contributed by atoms with Crippen molar-refractivity contribution in [2.75, 3.05) is 44.6 Å². The third-order valence-corrected chi connectivity index (χ3v) is 9.57. The van der Waals surface area contributed by atoms with Gasteiger partial charge in [0.2, 0.25) is 10.0 Å². The predicted molar refractivity (Wildman–Crippen MR) is 154 cm³/mol. The lowest BCUT2D eigenvalue weighted by Gasteiger charge is -2.27. The Morgan fingerprint density at radius 1 is 1.08 bits per heavy atom. The summed E-state index contributed by atoms with van der Waals surface area (Å²) in [5, 5.41) is 3.51. The molecule has 0 saturated carbocycles. The molecule has 0 radical (unpaired) electrons. The van der Waals surface area contributed by atoms with Crippen molar-refractivity contribution in [3.8, 4) is 0 Å². The van der Waals surface area contributed by atoms with Crippen LogP contribution in [0.15, 0.2) is 54.5 Å². The van der Waals surface area contributed by atoms with Crippen molar-refractivity contribution >= 4 is 38.2 Å². The van der Waals surface area contributed by atoms with Crippen LogP contribution in [0.25, 0.3) is 0 Å². The van der Waals surface area contributed by atoms with Gasteiger partial charge in [-0.15, -0.1) is 24.5 Å². The van der Waals surface area contributed by atoms with Gasteiger partial charge in [-0.2, -0.15) is 4.31 Å². The second kappa shape index (κ2) is 13.3. The fraction of sp³-hybridized carbons (Fsp3) is 0.429. The van der Waals surface area contributed by atoms with Crippen molar-refractivity contribution in [3.63, 3.8) is 0 Å². The highest BCUT2D eigenvalue weighted by Gasteiger charge is 2.30. The summed E-state index contributed by atoms with van der Waals surface area (Å²) < 4.78 is 27.2. The molecule has 10 heteroatoms. The molecule has 1 aromatic carbocycles. The van der Waals surface area contributed by atoms with E-state index in [1.807, 2.05) is 13.8 Å². The van der Waals surface area contributed by atoms with Crippen LogP contribution in [0, 0.1) is 0 Å². The molecule has 0 fully saturated rings. The van der Waals surface area contributed by atoms with Crippen molar-refractivity contribution in [2.24, 2.45) is 0 Å². The smallest absolute Gasteiger partial charge is 0.257 e. The van der Waals surface area contributed by atoms with Gasteiger partial charge in [-0.3, -0.25) is 14.5 Å². The molecule has 38 heavy (non-hydrogen) atoms. The Bertz CT molecular complexity index is 1250. The van der Waals surface area contributed by atoms with Gasteiger partial charge in [-0.1, -0.05) is 19.1 Å². The molecular formula is C28H38N4O4S2. The van der Waals surface area contributed by atoms with Gasteiger partial charge < -0.3 is 10.2 Å². The Balaban J connectivity index is 1.90. The van der Waals surface area contributed by atoms with Crippen LogP contribution in [-0.4, -0.2) is 73.6 Å². The number of nitrogens with one attached hydrogen (secondary N) is 1. The molecule has 3 rings (SSSR count). The molecule has 0 aliphatic carbocycles. The molecule has 0 spiro atoms. The van der Waals surface area contributed by atoms with Gasteiger partial charge in [0.05, 0.1) is 10.5 Å². The number of anilines is 1. The number of carbonyl (C=O) groups is 2. The first-order chi connectivity index (χ1) is 18.2. The second-order valence-corrected chi connectivity index (χ2v) is 12.1. The van der Waals surface area contributed by atoms with E-state index in [0.29, 0.717) is 29.2 Å². The van der Waals surface area contributed by atoms with Crippen molar-refractivity contribution in [2.45, 2.75) is 45.1 Å². The first-order valence-electron chi connectivity index (χ1n) is 13.0. The van der Waals surface area contributed by atoms with E-state index in [-0.39, 0.29) is 29.8 Å². The van der Waals surface area contributed by atoms with Gasteiger partial charge in [0.1, 0.15) is 5.00 Å². The largest absolute Gasteiger partial charge is 0.339 e. The van der Waals surface area contributed by atoms with Crippen LogP contribution in [0.4, 0.5) is 5.00 Å². The lowest BCUT2D eigenvalue weighted by molar-refractivity contribution is 0.0772. The highest BCUT2D eigenvalue weighted by atomic mass is 32.2. The third-order valence-electron chi connectivity index (χ3n) is 6.59. The first kappa shape index (κ1) is 29.8. The van der Waals surface area contributed by atoms with Crippen LogP contribution in [0.3, 0.4) is 0 Å². The quantitative estimate of drug-likeness (QED) is 0.363. The van der Waals surface area contributed by atoms with Gasteiger partial charge in [-0.05, 0) is 63.1 Å². The maximum Gasteiger partial charge on any atom is 0.257 e. The second-order valence-electron chi connectivity index (χ2n) is 9.09. The van der Waals surface area contributed by atoms with Gasteiger partial charge in [0.25, 0.3) is 11.8 Å². The maximum absolute atomic E-state index is 13.5. The number of carbonyl (C=O) groups excluding carboxylic acids is 2. The Labute approximate surface area is 230 Å². The zero-order chi connectivity index (χ0) is 27.9. The minimum Gasteiger partial charge on any atom is -0.339 e. The number of sulfonamides is 1. The van der Waals surface area contributed by atoms with Crippen LogP contribution < -0.4 is 5.32 Å². The van der Waals surface area contributed by atoms with Crippen molar-refractivity contribution < 1.29 is 18.0 Å². The summed E-state index contributed by atoms with van der Waals surface area (Å²) >= 11 is 1.46. The molecule has 0 bridgehead atoms. The summed E-state index contributed by atoms with van der Waals surface area (Å²) in [5.74, 6) is -0.460. The molecule has 0 unspecified atom stereocenters. The minimum atomic E-state index is -3.77. The number of fused-ring (bicyclic) bond motifs is 1. The number of benzene rings is 1. The van der Waals surface area contributed by atoms with Crippen LogP contribution in [0.1, 0.15) is 58.3 Å². The predicted octanol–water partition coefficient (Wildman–Crippen LogP) is 4.61. The SMILES string of the molecule is C=CCN(CC=C)S(=O)(=O)c1ccc(C(=O)Nc2sc3c(c2C(=O)N(CC)CC)CCN(CCC)C3)cc1. The zero-order valence-corrected chi connectivity index (χ0v) is 24.2. The van der Waals surface area contributed by atoms with E-state index in [2.05, 4.69) is 30.3 Å². The Morgan fingerprint density at radius 2 is 1.71 bits per heavy atom. The third kappa shape index (κ3) is 6.43. The summed E-state index contributed by atoms with van der Waals surface area (Å²) in [7, 11) is -3.77. The van der Waals surface area contributed by atoms with Crippen molar-refractivity contribution in [3.05, 3.63) is 71.1 Å². The van der Waals surface area contributed by atoms with E-state index in [0.717, 1.165) is 42.9 Å². The summed E-state index contributed by atoms with van der Waals surface area (Å²) in [4.78, 5) is 32.1. The lowest BCUT2D eigenvalue weighted by Crippen LogP contribution is -2.34. The molecule has 1 N–H and O–H groups in total. The Hall–Kier alpha value is -2.79. The Kier molecular flexibility index (Phi) is 10.4. The maximum atomic E-state index is 13.5. The Morgan fingerprint density at radius 3 is 2.26 bits per heavy atom. The molecular weight excluding hydrogens is 520 g/mol. The van der Waals surface area contributed by atoms with Gasteiger partial charge >= 0.3 is 0 Å². The zero-order valence-electron chi connectivity index (χ0n) is 22.5. The molecule has 2 heterocycles. The fourth-order valence-corrected chi connectivity index (χ4v) is 7.27. The molecule has 1 aromatic heterocycles. The molecule has 8 nitrogen and oxygen atoms in total. The minimum absolute atomic E-state index is 0.0716. The van der Waals surface area contributed by atoms with E-state index in [1.165, 1.54) is 52.1 Å². The average Bonchev–Trinajstić information content (AvgIpc) is 3.26. The number of amides is 2. The number of hydrogen-bond acceptors (Lipinski definition) is 6.